The minimum absolute atomic E-state index is 0.0378. The van der Waals surface area contributed by atoms with E-state index in [-0.39, 0.29) is 17.8 Å². The maximum absolute atomic E-state index is 13.0. The molecule has 0 saturated carbocycles. The Hall–Kier alpha value is -0.690. The molecule has 1 heterocycles. The van der Waals surface area contributed by atoms with Crippen LogP contribution in [0.3, 0.4) is 0 Å². The molecule has 1 aliphatic rings. The summed E-state index contributed by atoms with van der Waals surface area (Å²) in [5, 5.41) is 0. The van der Waals surface area contributed by atoms with Gasteiger partial charge in [0.2, 0.25) is 0 Å². The average molecular weight is 362 g/mol. The van der Waals surface area contributed by atoms with E-state index < -0.39 is 0 Å². The van der Waals surface area contributed by atoms with Crippen LogP contribution in [0.5, 0.6) is 0 Å². The highest BCUT2D eigenvalue weighted by Crippen LogP contribution is 2.20. The lowest BCUT2D eigenvalue weighted by Crippen LogP contribution is -2.49. The molecule has 0 spiro atoms. The summed E-state index contributed by atoms with van der Waals surface area (Å²) >= 11 is 1.99. The predicted molar refractivity (Wildman–Crippen MR) is 76.8 cm³/mol. The standard InChI is InChI=1S/C13H16FIN2O/c1-8-4-10(16)7-17(6-8)13(18)11-3-2-9(14)5-12(11)15/h2-3,5,8,10H,4,6-7,16H2,1H3. The SMILES string of the molecule is CC1CC(N)CN(C(=O)c2ccc(F)cc2I)C1. The molecule has 5 heteroatoms. The normalized spacial score (nSPS) is 24.1. The molecule has 0 bridgehead atoms. The third-order valence-corrected chi connectivity index (χ3v) is 4.03. The fraction of sp³-hybridized carbons (Fsp3) is 0.462. The highest BCUT2D eigenvalue weighted by molar-refractivity contribution is 14.1. The number of benzene rings is 1. The number of halogens is 2. The number of hydrogen-bond donors (Lipinski definition) is 1. The molecule has 1 fully saturated rings. The Kier molecular flexibility index (Phi) is 4.21. The fourth-order valence-electron chi connectivity index (χ4n) is 2.40. The van der Waals surface area contributed by atoms with Gasteiger partial charge in [-0.2, -0.15) is 0 Å². The molecule has 2 atom stereocenters. The van der Waals surface area contributed by atoms with Crippen LogP contribution < -0.4 is 5.73 Å². The van der Waals surface area contributed by atoms with Crippen LogP contribution in [0.15, 0.2) is 18.2 Å². The molecule has 2 rings (SSSR count). The molecular weight excluding hydrogens is 346 g/mol. The molecule has 2 unspecified atom stereocenters. The number of piperidine rings is 1. The summed E-state index contributed by atoms with van der Waals surface area (Å²) in [6.45, 7) is 3.39. The number of amides is 1. The highest BCUT2D eigenvalue weighted by Gasteiger charge is 2.27. The zero-order chi connectivity index (χ0) is 13.3. The summed E-state index contributed by atoms with van der Waals surface area (Å²) < 4.78 is 13.7. The molecule has 1 aliphatic heterocycles. The lowest BCUT2D eigenvalue weighted by atomic mass is 9.96. The van der Waals surface area contributed by atoms with Gasteiger partial charge in [-0.25, -0.2) is 4.39 Å². The largest absolute Gasteiger partial charge is 0.337 e. The number of likely N-dealkylation sites (tertiary alicyclic amines) is 1. The summed E-state index contributed by atoms with van der Waals surface area (Å²) in [5.74, 6) is 0.0388. The number of rotatable bonds is 1. The van der Waals surface area contributed by atoms with Gasteiger partial charge in [0.1, 0.15) is 5.82 Å². The maximum atomic E-state index is 13.0. The Labute approximate surface area is 120 Å². The van der Waals surface area contributed by atoms with E-state index in [4.69, 9.17) is 5.73 Å². The zero-order valence-electron chi connectivity index (χ0n) is 10.2. The second-order valence-corrected chi connectivity index (χ2v) is 6.10. The van der Waals surface area contributed by atoms with Crippen molar-refractivity contribution in [1.29, 1.82) is 0 Å². The van der Waals surface area contributed by atoms with Crippen molar-refractivity contribution in [2.24, 2.45) is 11.7 Å². The Morgan fingerprint density at radius 2 is 2.22 bits per heavy atom. The van der Waals surface area contributed by atoms with Gasteiger partial charge in [0.25, 0.3) is 5.91 Å². The van der Waals surface area contributed by atoms with Crippen LogP contribution >= 0.6 is 22.6 Å². The van der Waals surface area contributed by atoms with Crippen LogP contribution in [0.2, 0.25) is 0 Å². The molecular formula is C13H16FIN2O. The van der Waals surface area contributed by atoms with Crippen molar-refractivity contribution in [2.75, 3.05) is 13.1 Å². The number of carbonyl (C=O) groups is 1. The van der Waals surface area contributed by atoms with E-state index >= 15 is 0 Å². The van der Waals surface area contributed by atoms with Crippen molar-refractivity contribution in [3.8, 4) is 0 Å². The van der Waals surface area contributed by atoms with E-state index in [1.807, 2.05) is 22.6 Å². The van der Waals surface area contributed by atoms with Crippen LogP contribution in [0.1, 0.15) is 23.7 Å². The van der Waals surface area contributed by atoms with Gasteiger partial charge in [0.05, 0.1) is 5.56 Å². The second kappa shape index (κ2) is 5.52. The molecule has 1 amide bonds. The van der Waals surface area contributed by atoms with Crippen molar-refractivity contribution in [1.82, 2.24) is 4.90 Å². The summed E-state index contributed by atoms with van der Waals surface area (Å²) in [4.78, 5) is 14.1. The van der Waals surface area contributed by atoms with E-state index in [2.05, 4.69) is 6.92 Å². The summed E-state index contributed by atoms with van der Waals surface area (Å²) in [7, 11) is 0. The summed E-state index contributed by atoms with van der Waals surface area (Å²) in [6, 6.07) is 4.28. The van der Waals surface area contributed by atoms with Crippen molar-refractivity contribution >= 4 is 28.5 Å². The van der Waals surface area contributed by atoms with E-state index in [0.717, 1.165) is 13.0 Å². The summed E-state index contributed by atoms with van der Waals surface area (Å²) in [5.41, 5.74) is 6.49. The lowest BCUT2D eigenvalue weighted by Gasteiger charge is -2.35. The summed E-state index contributed by atoms with van der Waals surface area (Å²) in [6.07, 6.45) is 0.949. The first-order valence-electron chi connectivity index (χ1n) is 5.97. The molecule has 18 heavy (non-hydrogen) atoms. The van der Waals surface area contributed by atoms with Crippen LogP contribution in [0.25, 0.3) is 0 Å². The average Bonchev–Trinajstić information content (AvgIpc) is 2.26. The topological polar surface area (TPSA) is 46.3 Å². The minimum atomic E-state index is -0.320. The first-order chi connectivity index (χ1) is 8.47. The Morgan fingerprint density at radius 3 is 2.83 bits per heavy atom. The van der Waals surface area contributed by atoms with Crippen LogP contribution in [0, 0.1) is 15.3 Å². The van der Waals surface area contributed by atoms with Crippen molar-refractivity contribution in [3.05, 3.63) is 33.1 Å². The Balaban J connectivity index is 2.20. The molecule has 1 aromatic rings. The predicted octanol–water partition coefficient (Wildman–Crippen LogP) is 2.24. The monoisotopic (exact) mass is 362 g/mol. The lowest BCUT2D eigenvalue weighted by molar-refractivity contribution is 0.0660. The molecule has 3 nitrogen and oxygen atoms in total. The zero-order valence-corrected chi connectivity index (χ0v) is 12.4. The van der Waals surface area contributed by atoms with Crippen LogP contribution in [-0.4, -0.2) is 29.9 Å². The van der Waals surface area contributed by atoms with E-state index in [0.29, 0.717) is 21.6 Å². The van der Waals surface area contributed by atoms with Crippen LogP contribution in [0.4, 0.5) is 4.39 Å². The van der Waals surface area contributed by atoms with Crippen molar-refractivity contribution in [2.45, 2.75) is 19.4 Å². The fourth-order valence-corrected chi connectivity index (χ4v) is 3.11. The van der Waals surface area contributed by atoms with Gasteiger partial charge in [-0.15, -0.1) is 0 Å². The van der Waals surface area contributed by atoms with E-state index in [1.165, 1.54) is 12.1 Å². The molecule has 0 aromatic heterocycles. The first-order valence-corrected chi connectivity index (χ1v) is 7.05. The minimum Gasteiger partial charge on any atom is -0.337 e. The number of nitrogens with two attached hydrogens (primary N) is 1. The number of nitrogens with zero attached hydrogens (tertiary/aromatic N) is 1. The molecule has 0 radical (unpaired) electrons. The van der Waals surface area contributed by atoms with Gasteiger partial charge in [0.15, 0.2) is 0 Å². The van der Waals surface area contributed by atoms with Gasteiger partial charge in [-0.05, 0) is 53.1 Å². The number of hydrogen-bond acceptors (Lipinski definition) is 2. The van der Waals surface area contributed by atoms with Crippen LogP contribution in [-0.2, 0) is 0 Å². The third kappa shape index (κ3) is 3.00. The molecule has 2 N–H and O–H groups in total. The highest BCUT2D eigenvalue weighted by atomic mass is 127. The van der Waals surface area contributed by atoms with Gasteiger partial charge in [-0.1, -0.05) is 6.92 Å². The Morgan fingerprint density at radius 1 is 1.50 bits per heavy atom. The smallest absolute Gasteiger partial charge is 0.254 e. The molecule has 1 saturated heterocycles. The van der Waals surface area contributed by atoms with E-state index in [1.54, 1.807) is 11.0 Å². The van der Waals surface area contributed by atoms with Gasteiger partial charge < -0.3 is 10.6 Å². The Bertz CT molecular complexity index is 456. The van der Waals surface area contributed by atoms with Crippen molar-refractivity contribution in [3.63, 3.8) is 0 Å². The molecule has 98 valence electrons. The second-order valence-electron chi connectivity index (χ2n) is 4.94. The quantitative estimate of drug-likeness (QED) is 0.779. The van der Waals surface area contributed by atoms with E-state index in [9.17, 15) is 9.18 Å². The number of carbonyl (C=O) groups excluding carboxylic acids is 1. The maximum Gasteiger partial charge on any atom is 0.254 e. The molecule has 1 aromatic carbocycles. The first kappa shape index (κ1) is 13.7. The van der Waals surface area contributed by atoms with Gasteiger partial charge in [-0.3, -0.25) is 4.79 Å². The van der Waals surface area contributed by atoms with Crippen molar-refractivity contribution < 1.29 is 9.18 Å². The molecule has 0 aliphatic carbocycles. The van der Waals surface area contributed by atoms with Gasteiger partial charge >= 0.3 is 0 Å². The third-order valence-electron chi connectivity index (χ3n) is 3.14. The van der Waals surface area contributed by atoms with Gasteiger partial charge in [0, 0.05) is 22.7 Å².